The van der Waals surface area contributed by atoms with Crippen LogP contribution < -0.4 is 5.73 Å². The van der Waals surface area contributed by atoms with Crippen molar-refractivity contribution >= 4 is 5.82 Å². The van der Waals surface area contributed by atoms with E-state index in [0.29, 0.717) is 11.7 Å². The van der Waals surface area contributed by atoms with Crippen LogP contribution in [0.4, 0.5) is 5.82 Å². The molecule has 1 aromatic heterocycles. The number of aromatic nitrogens is 2. The van der Waals surface area contributed by atoms with Gasteiger partial charge in [-0.05, 0) is 20.3 Å². The van der Waals surface area contributed by atoms with Crippen molar-refractivity contribution in [3.8, 4) is 0 Å². The van der Waals surface area contributed by atoms with Crippen LogP contribution in [0.1, 0.15) is 43.3 Å². The lowest BCUT2D eigenvalue weighted by atomic mass is 10.1. The summed E-state index contributed by atoms with van der Waals surface area (Å²) in [5, 5.41) is 0. The van der Waals surface area contributed by atoms with Crippen LogP contribution in [0, 0.1) is 13.8 Å². The second-order valence-corrected chi connectivity index (χ2v) is 3.49. The molecule has 2 N–H and O–H groups in total. The molecule has 1 atom stereocenters. The van der Waals surface area contributed by atoms with E-state index in [1.54, 1.807) is 0 Å². The first-order valence-corrected chi connectivity index (χ1v) is 4.66. The summed E-state index contributed by atoms with van der Waals surface area (Å²) in [7, 11) is 0. The largest absolute Gasteiger partial charge is 0.383 e. The number of hydrogen-bond donors (Lipinski definition) is 1. The summed E-state index contributed by atoms with van der Waals surface area (Å²) >= 11 is 0. The molecule has 72 valence electrons. The second-order valence-electron chi connectivity index (χ2n) is 3.49. The van der Waals surface area contributed by atoms with E-state index in [1.165, 1.54) is 0 Å². The van der Waals surface area contributed by atoms with Gasteiger partial charge in [0.2, 0.25) is 0 Å². The highest BCUT2D eigenvalue weighted by Gasteiger charge is 2.09. The van der Waals surface area contributed by atoms with Gasteiger partial charge in [0.1, 0.15) is 11.6 Å². The van der Waals surface area contributed by atoms with Crippen molar-refractivity contribution in [3.63, 3.8) is 0 Å². The third kappa shape index (κ3) is 1.97. The molecule has 0 bridgehead atoms. The fourth-order valence-electron chi connectivity index (χ4n) is 1.08. The minimum atomic E-state index is 0.390. The molecule has 0 radical (unpaired) electrons. The molecule has 1 unspecified atom stereocenters. The average molecular weight is 179 g/mol. The molecular weight excluding hydrogens is 162 g/mol. The summed E-state index contributed by atoms with van der Waals surface area (Å²) in [5.74, 6) is 1.87. The molecule has 0 aliphatic heterocycles. The molecule has 0 aliphatic carbocycles. The van der Waals surface area contributed by atoms with E-state index in [2.05, 4.69) is 23.8 Å². The highest BCUT2D eigenvalue weighted by atomic mass is 15.0. The third-order valence-corrected chi connectivity index (χ3v) is 2.50. The van der Waals surface area contributed by atoms with Gasteiger partial charge in [-0.1, -0.05) is 13.8 Å². The molecule has 13 heavy (non-hydrogen) atoms. The monoisotopic (exact) mass is 179 g/mol. The highest BCUT2D eigenvalue weighted by Crippen LogP contribution is 2.18. The van der Waals surface area contributed by atoms with Gasteiger partial charge in [-0.3, -0.25) is 0 Å². The van der Waals surface area contributed by atoms with E-state index in [4.69, 9.17) is 5.73 Å². The SMILES string of the molecule is CCC(C)c1nc(C)c(C)c(N)n1. The first-order valence-electron chi connectivity index (χ1n) is 4.66. The standard InChI is InChI=1S/C10H17N3/c1-5-6(2)10-12-8(4)7(3)9(11)13-10/h6H,5H2,1-4H3,(H2,11,12,13). The van der Waals surface area contributed by atoms with E-state index in [9.17, 15) is 0 Å². The zero-order valence-electron chi connectivity index (χ0n) is 8.76. The van der Waals surface area contributed by atoms with Crippen molar-refractivity contribution < 1.29 is 0 Å². The van der Waals surface area contributed by atoms with Crippen molar-refractivity contribution in [1.82, 2.24) is 9.97 Å². The van der Waals surface area contributed by atoms with Crippen molar-refractivity contribution in [2.24, 2.45) is 0 Å². The Bertz CT molecular complexity index is 284. The summed E-state index contributed by atoms with van der Waals surface area (Å²) in [4.78, 5) is 8.68. The van der Waals surface area contributed by atoms with E-state index in [0.717, 1.165) is 23.5 Å². The molecule has 0 fully saturated rings. The molecule has 0 saturated carbocycles. The third-order valence-electron chi connectivity index (χ3n) is 2.50. The minimum Gasteiger partial charge on any atom is -0.383 e. The van der Waals surface area contributed by atoms with Crippen molar-refractivity contribution in [2.45, 2.75) is 40.0 Å². The van der Waals surface area contributed by atoms with Crippen LogP contribution in [0.25, 0.3) is 0 Å². The van der Waals surface area contributed by atoms with Gasteiger partial charge in [0.25, 0.3) is 0 Å². The Balaban J connectivity index is 3.13. The van der Waals surface area contributed by atoms with Gasteiger partial charge in [0.15, 0.2) is 0 Å². The van der Waals surface area contributed by atoms with Crippen LogP contribution in [0.15, 0.2) is 0 Å². The number of rotatable bonds is 2. The molecular formula is C10H17N3. The van der Waals surface area contributed by atoms with E-state index < -0.39 is 0 Å². The van der Waals surface area contributed by atoms with Crippen molar-refractivity contribution in [2.75, 3.05) is 5.73 Å². The molecule has 3 nitrogen and oxygen atoms in total. The number of aryl methyl sites for hydroxylation is 1. The Morgan fingerprint density at radius 2 is 1.92 bits per heavy atom. The minimum absolute atomic E-state index is 0.390. The fraction of sp³-hybridized carbons (Fsp3) is 0.600. The predicted octanol–water partition coefficient (Wildman–Crippen LogP) is 2.19. The maximum absolute atomic E-state index is 5.76. The van der Waals surface area contributed by atoms with E-state index in [1.807, 2.05) is 13.8 Å². The zero-order valence-corrected chi connectivity index (χ0v) is 8.76. The van der Waals surface area contributed by atoms with Gasteiger partial charge in [-0.2, -0.15) is 0 Å². The second kappa shape index (κ2) is 3.73. The van der Waals surface area contributed by atoms with Gasteiger partial charge in [-0.15, -0.1) is 0 Å². The highest BCUT2D eigenvalue weighted by molar-refractivity contribution is 5.40. The lowest BCUT2D eigenvalue weighted by Gasteiger charge is -2.10. The summed E-state index contributed by atoms with van der Waals surface area (Å²) < 4.78 is 0. The number of nitrogens with zero attached hydrogens (tertiary/aromatic N) is 2. The quantitative estimate of drug-likeness (QED) is 0.757. The Hall–Kier alpha value is -1.12. The van der Waals surface area contributed by atoms with Gasteiger partial charge in [0.05, 0.1) is 0 Å². The first kappa shape index (κ1) is 9.96. The lowest BCUT2D eigenvalue weighted by molar-refractivity contribution is 0.674. The average Bonchev–Trinajstić information content (AvgIpc) is 2.12. The van der Waals surface area contributed by atoms with Crippen LogP contribution in [-0.4, -0.2) is 9.97 Å². The molecule has 0 aliphatic rings. The molecule has 1 aromatic rings. The molecule has 0 saturated heterocycles. The molecule has 3 heteroatoms. The smallest absolute Gasteiger partial charge is 0.133 e. The normalized spacial score (nSPS) is 12.9. The van der Waals surface area contributed by atoms with Crippen LogP contribution in [0.3, 0.4) is 0 Å². The summed E-state index contributed by atoms with van der Waals surface area (Å²) in [6, 6.07) is 0. The first-order chi connectivity index (χ1) is 6.06. The van der Waals surface area contributed by atoms with Gasteiger partial charge >= 0.3 is 0 Å². The molecule has 0 spiro atoms. The number of hydrogen-bond acceptors (Lipinski definition) is 3. The Kier molecular flexibility index (Phi) is 2.86. The maximum Gasteiger partial charge on any atom is 0.133 e. The van der Waals surface area contributed by atoms with Gasteiger partial charge in [-0.25, -0.2) is 9.97 Å². The molecule has 0 amide bonds. The summed E-state index contributed by atoms with van der Waals surface area (Å²) in [6.45, 7) is 8.16. The number of nitrogens with two attached hydrogens (primary N) is 1. The predicted molar refractivity (Wildman–Crippen MR) is 54.6 cm³/mol. The number of anilines is 1. The van der Waals surface area contributed by atoms with Crippen LogP contribution in [0.5, 0.6) is 0 Å². The molecule has 0 aromatic carbocycles. The fourth-order valence-corrected chi connectivity index (χ4v) is 1.08. The topological polar surface area (TPSA) is 51.8 Å². The Morgan fingerprint density at radius 1 is 1.31 bits per heavy atom. The lowest BCUT2D eigenvalue weighted by Crippen LogP contribution is -2.07. The molecule has 1 rings (SSSR count). The van der Waals surface area contributed by atoms with E-state index in [-0.39, 0.29) is 0 Å². The Morgan fingerprint density at radius 3 is 2.38 bits per heavy atom. The summed E-state index contributed by atoms with van der Waals surface area (Å²) in [5.41, 5.74) is 7.74. The van der Waals surface area contributed by atoms with Crippen molar-refractivity contribution in [1.29, 1.82) is 0 Å². The van der Waals surface area contributed by atoms with Crippen LogP contribution in [-0.2, 0) is 0 Å². The van der Waals surface area contributed by atoms with Gasteiger partial charge in [0, 0.05) is 17.2 Å². The van der Waals surface area contributed by atoms with Crippen LogP contribution >= 0.6 is 0 Å². The van der Waals surface area contributed by atoms with Crippen LogP contribution in [0.2, 0.25) is 0 Å². The Labute approximate surface area is 79.4 Å². The maximum atomic E-state index is 5.76. The number of nitrogen functional groups attached to an aromatic ring is 1. The van der Waals surface area contributed by atoms with Crippen molar-refractivity contribution in [3.05, 3.63) is 17.1 Å². The molecule has 1 heterocycles. The summed E-state index contributed by atoms with van der Waals surface area (Å²) in [6.07, 6.45) is 1.04. The van der Waals surface area contributed by atoms with Gasteiger partial charge < -0.3 is 5.73 Å². The van der Waals surface area contributed by atoms with E-state index >= 15 is 0 Å². The zero-order chi connectivity index (χ0) is 10.0.